The molecule has 0 aliphatic rings. The predicted octanol–water partition coefficient (Wildman–Crippen LogP) is 3.61. The molecule has 0 radical (unpaired) electrons. The van der Waals surface area contributed by atoms with Crippen LogP contribution >= 0.6 is 11.6 Å². The Balaban J connectivity index is 1.97. The van der Waals surface area contributed by atoms with E-state index in [1.165, 1.54) is 4.90 Å². The van der Waals surface area contributed by atoms with Crippen LogP contribution < -0.4 is 10.6 Å². The van der Waals surface area contributed by atoms with Gasteiger partial charge >= 0.3 is 6.09 Å². The van der Waals surface area contributed by atoms with E-state index < -0.39 is 6.09 Å². The molecule has 2 N–H and O–H groups in total. The largest absolute Gasteiger partial charge is 0.446 e. The number of halogens is 1. The molecule has 1 aromatic carbocycles. The molecule has 1 amide bonds. The third kappa shape index (κ3) is 3.51. The molecule has 0 spiro atoms. The van der Waals surface area contributed by atoms with Crippen molar-refractivity contribution in [3.05, 3.63) is 41.8 Å². The summed E-state index contributed by atoms with van der Waals surface area (Å²) in [5.41, 5.74) is 8.38. The number of benzene rings is 1. The summed E-state index contributed by atoms with van der Waals surface area (Å²) in [5.74, 6) is 0.489. The van der Waals surface area contributed by atoms with E-state index in [1.54, 1.807) is 62.1 Å². The van der Waals surface area contributed by atoms with Crippen molar-refractivity contribution in [3.63, 3.8) is 0 Å². The molecule has 8 heteroatoms. The summed E-state index contributed by atoms with van der Waals surface area (Å²) in [6.45, 7) is 3.59. The van der Waals surface area contributed by atoms with Gasteiger partial charge in [0.1, 0.15) is 0 Å². The number of carbonyl (C=O) groups is 1. The zero-order chi connectivity index (χ0) is 18.1. The number of fused-ring (bicyclic) bond motifs is 1. The molecule has 0 bridgehead atoms. The Labute approximate surface area is 150 Å². The van der Waals surface area contributed by atoms with Crippen LogP contribution in [-0.4, -0.2) is 33.6 Å². The van der Waals surface area contributed by atoms with E-state index in [0.29, 0.717) is 27.9 Å². The number of ether oxygens (including phenoxy) is 1. The number of nitrogen functional groups attached to an aromatic ring is 1. The molecule has 0 aliphatic heterocycles. The lowest BCUT2D eigenvalue weighted by atomic mass is 10.1. The van der Waals surface area contributed by atoms with Crippen LogP contribution in [0, 0.1) is 0 Å². The Hall–Kier alpha value is -2.80. The summed E-state index contributed by atoms with van der Waals surface area (Å²) < 4.78 is 6.91. The Morgan fingerprint density at radius 2 is 2.12 bits per heavy atom. The van der Waals surface area contributed by atoms with Crippen molar-refractivity contribution >= 4 is 34.8 Å². The van der Waals surface area contributed by atoms with E-state index in [4.69, 9.17) is 22.1 Å². The van der Waals surface area contributed by atoms with E-state index in [0.717, 1.165) is 5.56 Å². The van der Waals surface area contributed by atoms with Gasteiger partial charge in [-0.25, -0.2) is 14.8 Å². The highest BCUT2D eigenvalue weighted by molar-refractivity contribution is 6.33. The molecule has 25 heavy (non-hydrogen) atoms. The summed E-state index contributed by atoms with van der Waals surface area (Å²) in [6.07, 6.45) is 4.45. The van der Waals surface area contributed by atoms with Crippen molar-refractivity contribution in [2.75, 3.05) is 17.7 Å². The maximum Gasteiger partial charge on any atom is 0.414 e. The topological polar surface area (TPSA) is 85.8 Å². The lowest BCUT2D eigenvalue weighted by Gasteiger charge is -2.18. The van der Waals surface area contributed by atoms with Crippen molar-refractivity contribution in [1.29, 1.82) is 0 Å². The van der Waals surface area contributed by atoms with Gasteiger partial charge in [0.25, 0.3) is 0 Å². The maximum absolute atomic E-state index is 12.0. The van der Waals surface area contributed by atoms with Crippen LogP contribution in [0.3, 0.4) is 0 Å². The SMILES string of the molecule is CC(C)OC(=O)N(C)c1cnc2nc(-c3cc(N)ccc3Cl)cn2c1. The fourth-order valence-electron chi connectivity index (χ4n) is 2.30. The number of amides is 1. The van der Waals surface area contributed by atoms with Crippen molar-refractivity contribution in [2.45, 2.75) is 20.0 Å². The second-order valence-electron chi connectivity index (χ2n) is 5.88. The smallest absolute Gasteiger partial charge is 0.414 e. The minimum atomic E-state index is -0.449. The minimum Gasteiger partial charge on any atom is -0.446 e. The number of aromatic nitrogens is 3. The van der Waals surface area contributed by atoms with Gasteiger partial charge in [0, 0.05) is 30.7 Å². The van der Waals surface area contributed by atoms with Crippen molar-refractivity contribution < 1.29 is 9.53 Å². The molecule has 3 aromatic rings. The molecular weight excluding hydrogens is 342 g/mol. The number of rotatable bonds is 3. The zero-order valence-electron chi connectivity index (χ0n) is 14.1. The minimum absolute atomic E-state index is 0.197. The first-order chi connectivity index (χ1) is 11.8. The van der Waals surface area contributed by atoms with Crippen LogP contribution in [0.15, 0.2) is 36.8 Å². The van der Waals surface area contributed by atoms with Gasteiger partial charge in [-0.05, 0) is 32.0 Å². The molecular formula is C17H18ClN5O2. The third-order valence-corrected chi connectivity index (χ3v) is 3.89. The van der Waals surface area contributed by atoms with Crippen molar-refractivity contribution in [2.24, 2.45) is 0 Å². The monoisotopic (exact) mass is 359 g/mol. The maximum atomic E-state index is 12.0. The van der Waals surface area contributed by atoms with E-state index in [1.807, 2.05) is 0 Å². The quantitative estimate of drug-likeness (QED) is 0.722. The van der Waals surface area contributed by atoms with Crippen LogP contribution in [0.2, 0.25) is 5.02 Å². The van der Waals surface area contributed by atoms with Gasteiger partial charge in [-0.1, -0.05) is 11.6 Å². The summed E-state index contributed by atoms with van der Waals surface area (Å²) in [7, 11) is 1.63. The Morgan fingerprint density at radius 3 is 2.84 bits per heavy atom. The Kier molecular flexibility index (Phi) is 4.50. The third-order valence-electron chi connectivity index (χ3n) is 3.56. The van der Waals surface area contributed by atoms with Gasteiger partial charge in [0.15, 0.2) is 0 Å². The van der Waals surface area contributed by atoms with Crippen LogP contribution in [0.5, 0.6) is 0 Å². The fraction of sp³-hybridized carbons (Fsp3) is 0.235. The van der Waals surface area contributed by atoms with Gasteiger partial charge in [0.05, 0.1) is 28.7 Å². The zero-order valence-corrected chi connectivity index (χ0v) is 14.9. The van der Waals surface area contributed by atoms with Crippen LogP contribution in [0.25, 0.3) is 17.0 Å². The molecule has 3 rings (SSSR count). The summed E-state index contributed by atoms with van der Waals surface area (Å²) in [6, 6.07) is 5.22. The molecule has 0 saturated carbocycles. The first kappa shape index (κ1) is 17.0. The number of hydrogen-bond donors (Lipinski definition) is 1. The van der Waals surface area contributed by atoms with Crippen LogP contribution in [-0.2, 0) is 4.74 Å². The van der Waals surface area contributed by atoms with Crippen molar-refractivity contribution in [3.8, 4) is 11.3 Å². The molecule has 130 valence electrons. The highest BCUT2D eigenvalue weighted by Crippen LogP contribution is 2.29. The molecule has 2 heterocycles. The average Bonchev–Trinajstić information content (AvgIpc) is 2.98. The number of hydrogen-bond acceptors (Lipinski definition) is 5. The summed E-state index contributed by atoms with van der Waals surface area (Å²) in [5, 5.41) is 0.551. The number of nitrogens with zero attached hydrogens (tertiary/aromatic N) is 4. The van der Waals surface area contributed by atoms with E-state index in [-0.39, 0.29) is 6.10 Å². The Morgan fingerprint density at radius 1 is 1.36 bits per heavy atom. The van der Waals surface area contributed by atoms with Gasteiger partial charge in [0.2, 0.25) is 5.78 Å². The highest BCUT2D eigenvalue weighted by Gasteiger charge is 2.16. The van der Waals surface area contributed by atoms with Gasteiger partial charge in [-0.15, -0.1) is 0 Å². The van der Waals surface area contributed by atoms with Crippen LogP contribution in [0.4, 0.5) is 16.2 Å². The normalized spacial score (nSPS) is 11.1. The van der Waals surface area contributed by atoms with E-state index >= 15 is 0 Å². The first-order valence-corrected chi connectivity index (χ1v) is 8.07. The predicted molar refractivity (Wildman–Crippen MR) is 97.9 cm³/mol. The molecule has 0 aliphatic carbocycles. The van der Waals surface area contributed by atoms with Gasteiger partial charge < -0.3 is 10.5 Å². The standard InChI is InChI=1S/C17H18ClN5O2/c1-10(2)25-17(24)22(3)12-7-20-16-21-15(9-23(16)8-12)13-6-11(19)4-5-14(13)18/h4-10H,19H2,1-3H3. The number of imidazole rings is 1. The molecule has 2 aromatic heterocycles. The average molecular weight is 360 g/mol. The molecule has 0 saturated heterocycles. The van der Waals surface area contributed by atoms with Crippen molar-refractivity contribution in [1.82, 2.24) is 14.4 Å². The van der Waals surface area contributed by atoms with E-state index in [9.17, 15) is 4.79 Å². The lowest BCUT2D eigenvalue weighted by Crippen LogP contribution is -2.29. The number of carbonyl (C=O) groups excluding carboxylic acids is 1. The molecule has 7 nitrogen and oxygen atoms in total. The second-order valence-corrected chi connectivity index (χ2v) is 6.28. The van der Waals surface area contributed by atoms with Crippen LogP contribution in [0.1, 0.15) is 13.8 Å². The molecule has 0 fully saturated rings. The summed E-state index contributed by atoms with van der Waals surface area (Å²) >= 11 is 6.24. The highest BCUT2D eigenvalue weighted by atomic mass is 35.5. The van der Waals surface area contributed by atoms with Gasteiger partial charge in [-0.2, -0.15) is 0 Å². The fourth-order valence-corrected chi connectivity index (χ4v) is 2.52. The number of nitrogens with two attached hydrogens (primary N) is 1. The first-order valence-electron chi connectivity index (χ1n) is 7.69. The van der Waals surface area contributed by atoms with E-state index in [2.05, 4.69) is 9.97 Å². The lowest BCUT2D eigenvalue weighted by molar-refractivity contribution is 0.124. The Bertz CT molecular complexity index is 938. The van der Waals surface area contributed by atoms with Gasteiger partial charge in [-0.3, -0.25) is 9.30 Å². The summed E-state index contributed by atoms with van der Waals surface area (Å²) in [4.78, 5) is 22.2. The molecule has 0 atom stereocenters. The molecule has 0 unspecified atom stereocenters. The second kappa shape index (κ2) is 6.60. The number of anilines is 2.